The average Bonchev–Trinajstić information content (AvgIpc) is 3.04. The third-order valence-electron chi connectivity index (χ3n) is 4.72. The molecular formula is C20H18FN5O. The number of benzene rings is 1. The van der Waals surface area contributed by atoms with Crippen molar-refractivity contribution in [3.63, 3.8) is 0 Å². The molecule has 6 nitrogen and oxygen atoms in total. The molecule has 1 aliphatic carbocycles. The van der Waals surface area contributed by atoms with E-state index in [1.165, 1.54) is 12.3 Å². The van der Waals surface area contributed by atoms with Crippen molar-refractivity contribution in [1.29, 1.82) is 0 Å². The summed E-state index contributed by atoms with van der Waals surface area (Å²) in [6, 6.07) is 6.55. The summed E-state index contributed by atoms with van der Waals surface area (Å²) in [6.07, 6.45) is 8.53. The largest absolute Gasteiger partial charge is 0.377 e. The molecular weight excluding hydrogens is 345 g/mol. The van der Waals surface area contributed by atoms with Crippen LogP contribution in [0.25, 0.3) is 0 Å². The lowest BCUT2D eigenvalue weighted by Gasteiger charge is -2.18. The average molecular weight is 363 g/mol. The van der Waals surface area contributed by atoms with Crippen LogP contribution >= 0.6 is 0 Å². The van der Waals surface area contributed by atoms with Gasteiger partial charge in [-0.3, -0.25) is 19.7 Å². The normalized spacial score (nSPS) is 15.4. The number of nitrogens with one attached hydrogen (secondary N) is 1. The fourth-order valence-electron chi connectivity index (χ4n) is 3.43. The highest BCUT2D eigenvalue weighted by molar-refractivity contribution is 5.98. The molecule has 27 heavy (non-hydrogen) atoms. The minimum Gasteiger partial charge on any atom is -0.377 e. The van der Waals surface area contributed by atoms with Gasteiger partial charge in [0.05, 0.1) is 23.0 Å². The van der Waals surface area contributed by atoms with Gasteiger partial charge in [0.1, 0.15) is 5.82 Å². The number of nitrogens with two attached hydrogens (primary N) is 1. The summed E-state index contributed by atoms with van der Waals surface area (Å²) in [6.45, 7) is 0. The first-order valence-electron chi connectivity index (χ1n) is 8.68. The highest BCUT2D eigenvalue weighted by atomic mass is 19.1. The molecule has 1 aliphatic rings. The number of rotatable bonds is 5. The van der Waals surface area contributed by atoms with E-state index < -0.39 is 5.91 Å². The van der Waals surface area contributed by atoms with Crippen LogP contribution in [0.5, 0.6) is 0 Å². The maximum Gasteiger partial charge on any atom is 0.252 e. The number of fused-ring (bicyclic) bond motifs is 1. The van der Waals surface area contributed by atoms with E-state index in [-0.39, 0.29) is 11.9 Å². The molecule has 7 heteroatoms. The Labute approximate surface area is 155 Å². The lowest BCUT2D eigenvalue weighted by atomic mass is 10.1. The van der Waals surface area contributed by atoms with Gasteiger partial charge in [0, 0.05) is 36.9 Å². The van der Waals surface area contributed by atoms with Crippen molar-refractivity contribution < 1.29 is 9.18 Å². The van der Waals surface area contributed by atoms with Gasteiger partial charge in [-0.2, -0.15) is 0 Å². The molecule has 2 heterocycles. The molecule has 1 atom stereocenters. The Balaban J connectivity index is 1.64. The fraction of sp³-hybridized carbons (Fsp3) is 0.200. The number of carbonyl (C=O) groups is 1. The number of aryl methyl sites for hydroxylation is 1. The van der Waals surface area contributed by atoms with Gasteiger partial charge >= 0.3 is 0 Å². The second-order valence-corrected chi connectivity index (χ2v) is 6.54. The fourth-order valence-corrected chi connectivity index (χ4v) is 3.43. The van der Waals surface area contributed by atoms with Gasteiger partial charge in [-0.05, 0) is 42.2 Å². The van der Waals surface area contributed by atoms with Crippen LogP contribution < -0.4 is 11.1 Å². The van der Waals surface area contributed by atoms with Crippen LogP contribution in [0, 0.1) is 5.82 Å². The molecule has 0 saturated carbocycles. The molecule has 3 aromatic rings. The standard InChI is InChI=1S/C20H18FN5O/c21-13-3-1-12-2-4-18(16(12)7-13)26-19-9-14(25-11-17(19)20(22)27)8-15-10-23-5-6-24-15/h1,3,5-7,9-11,18H,2,4,8H2,(H2,22,27)(H,25,26). The number of primary amides is 1. The van der Waals surface area contributed by atoms with Crippen molar-refractivity contribution in [2.24, 2.45) is 5.73 Å². The quantitative estimate of drug-likeness (QED) is 0.727. The molecule has 3 N–H and O–H groups in total. The summed E-state index contributed by atoms with van der Waals surface area (Å²) in [7, 11) is 0. The molecule has 4 rings (SSSR count). The Morgan fingerprint density at radius 3 is 2.85 bits per heavy atom. The minimum atomic E-state index is -0.562. The van der Waals surface area contributed by atoms with Gasteiger partial charge < -0.3 is 11.1 Å². The zero-order valence-corrected chi connectivity index (χ0v) is 14.5. The molecule has 0 bridgehead atoms. The summed E-state index contributed by atoms with van der Waals surface area (Å²) in [5, 5.41) is 3.36. The summed E-state index contributed by atoms with van der Waals surface area (Å²) in [5.41, 5.74) is 9.95. The van der Waals surface area contributed by atoms with Crippen molar-refractivity contribution in [3.8, 4) is 0 Å². The second kappa shape index (κ2) is 7.11. The molecule has 1 amide bonds. The highest BCUT2D eigenvalue weighted by Crippen LogP contribution is 2.35. The highest BCUT2D eigenvalue weighted by Gasteiger charge is 2.24. The van der Waals surface area contributed by atoms with Gasteiger partial charge in [0.15, 0.2) is 0 Å². The lowest BCUT2D eigenvalue weighted by Crippen LogP contribution is -2.17. The predicted molar refractivity (Wildman–Crippen MR) is 98.7 cm³/mol. The molecule has 1 aromatic carbocycles. The molecule has 0 radical (unpaired) electrons. The minimum absolute atomic E-state index is 0.0828. The van der Waals surface area contributed by atoms with Crippen LogP contribution in [0.15, 0.2) is 49.1 Å². The van der Waals surface area contributed by atoms with E-state index in [1.54, 1.807) is 30.7 Å². The first-order valence-corrected chi connectivity index (χ1v) is 8.68. The Kier molecular flexibility index (Phi) is 4.50. The smallest absolute Gasteiger partial charge is 0.252 e. The van der Waals surface area contributed by atoms with Gasteiger partial charge in [0.25, 0.3) is 5.91 Å². The monoisotopic (exact) mass is 363 g/mol. The number of amides is 1. The Hall–Kier alpha value is -3.35. The lowest BCUT2D eigenvalue weighted by molar-refractivity contribution is 0.100. The van der Waals surface area contributed by atoms with Crippen molar-refractivity contribution >= 4 is 11.6 Å². The van der Waals surface area contributed by atoms with E-state index in [0.717, 1.165) is 35.4 Å². The van der Waals surface area contributed by atoms with Crippen LogP contribution in [0.2, 0.25) is 0 Å². The zero-order valence-electron chi connectivity index (χ0n) is 14.5. The Bertz CT molecular complexity index is 993. The van der Waals surface area contributed by atoms with Crippen molar-refractivity contribution in [3.05, 3.63) is 82.9 Å². The molecule has 2 aromatic heterocycles. The first-order chi connectivity index (χ1) is 13.1. The second-order valence-electron chi connectivity index (χ2n) is 6.54. The zero-order chi connectivity index (χ0) is 18.8. The van der Waals surface area contributed by atoms with Crippen molar-refractivity contribution in [2.45, 2.75) is 25.3 Å². The van der Waals surface area contributed by atoms with Crippen LogP contribution in [0.3, 0.4) is 0 Å². The van der Waals surface area contributed by atoms with Crippen molar-refractivity contribution in [2.75, 3.05) is 5.32 Å². The molecule has 0 fully saturated rings. The topological polar surface area (TPSA) is 93.8 Å². The third kappa shape index (κ3) is 3.62. The number of halogens is 1. The molecule has 0 aliphatic heterocycles. The molecule has 1 unspecified atom stereocenters. The number of hydrogen-bond donors (Lipinski definition) is 2. The number of pyridine rings is 1. The first kappa shape index (κ1) is 17.1. The van der Waals surface area contributed by atoms with E-state index in [1.807, 2.05) is 6.07 Å². The summed E-state index contributed by atoms with van der Waals surface area (Å²) >= 11 is 0. The van der Waals surface area contributed by atoms with E-state index in [9.17, 15) is 9.18 Å². The van der Waals surface area contributed by atoms with Crippen LogP contribution in [0.4, 0.5) is 10.1 Å². The SMILES string of the molecule is NC(=O)c1cnc(Cc2cnccn2)cc1NC1CCc2ccc(F)cc21. The summed E-state index contributed by atoms with van der Waals surface area (Å²) < 4.78 is 13.7. The molecule has 0 spiro atoms. The number of hydrogen-bond acceptors (Lipinski definition) is 5. The Morgan fingerprint density at radius 2 is 2.07 bits per heavy atom. The van der Waals surface area contributed by atoms with Crippen LogP contribution in [0.1, 0.15) is 45.3 Å². The van der Waals surface area contributed by atoms with Crippen LogP contribution in [-0.4, -0.2) is 20.9 Å². The summed E-state index contributed by atoms with van der Waals surface area (Å²) in [4.78, 5) is 24.4. The van der Waals surface area contributed by atoms with E-state index in [2.05, 4.69) is 20.3 Å². The van der Waals surface area contributed by atoms with Gasteiger partial charge in [-0.25, -0.2) is 4.39 Å². The third-order valence-corrected chi connectivity index (χ3v) is 4.72. The molecule has 0 saturated heterocycles. The maximum absolute atomic E-state index is 13.7. The van der Waals surface area contributed by atoms with E-state index >= 15 is 0 Å². The van der Waals surface area contributed by atoms with E-state index in [0.29, 0.717) is 17.7 Å². The number of anilines is 1. The molecule has 136 valence electrons. The number of aromatic nitrogens is 3. The van der Waals surface area contributed by atoms with Gasteiger partial charge in [0.2, 0.25) is 0 Å². The van der Waals surface area contributed by atoms with Gasteiger partial charge in [-0.15, -0.1) is 0 Å². The Morgan fingerprint density at radius 1 is 1.19 bits per heavy atom. The summed E-state index contributed by atoms with van der Waals surface area (Å²) in [5.74, 6) is -0.829. The van der Waals surface area contributed by atoms with Crippen LogP contribution in [-0.2, 0) is 12.8 Å². The van der Waals surface area contributed by atoms with Gasteiger partial charge in [-0.1, -0.05) is 6.07 Å². The number of carbonyl (C=O) groups excluding carboxylic acids is 1. The van der Waals surface area contributed by atoms with Crippen molar-refractivity contribution in [1.82, 2.24) is 15.0 Å². The maximum atomic E-state index is 13.7. The number of nitrogens with zero attached hydrogens (tertiary/aromatic N) is 3. The predicted octanol–water partition coefficient (Wildman–Crippen LogP) is 2.80. The van der Waals surface area contributed by atoms with E-state index in [4.69, 9.17) is 5.73 Å².